The Morgan fingerprint density at radius 1 is 1.06 bits per heavy atom. The number of aryl methyl sites for hydroxylation is 2. The molecule has 0 aliphatic heterocycles. The lowest BCUT2D eigenvalue weighted by molar-refractivity contribution is -0.116. The topological polar surface area (TPSA) is 111 Å². The van der Waals surface area contributed by atoms with Crippen molar-refractivity contribution >= 4 is 38.6 Å². The molecule has 3 rings (SSSR count). The molecule has 34 heavy (non-hydrogen) atoms. The van der Waals surface area contributed by atoms with Gasteiger partial charge in [-0.1, -0.05) is 13.8 Å². The fourth-order valence-corrected chi connectivity index (χ4v) is 5.16. The molecule has 0 saturated heterocycles. The molecule has 0 unspecified atom stereocenters. The number of sulfonamides is 1. The first-order chi connectivity index (χ1) is 16.2. The van der Waals surface area contributed by atoms with E-state index < -0.39 is 16.0 Å². The minimum absolute atomic E-state index is 0.194. The molecule has 0 atom stereocenters. The molecule has 1 aromatic heterocycles. The number of aromatic nitrogens is 2. The van der Waals surface area contributed by atoms with Crippen LogP contribution in [-0.2, 0) is 33.0 Å². The van der Waals surface area contributed by atoms with Crippen molar-refractivity contribution < 1.29 is 22.7 Å². The number of benzene rings is 2. The summed E-state index contributed by atoms with van der Waals surface area (Å²) in [5.41, 5.74) is 2.36. The average Bonchev–Trinajstić information content (AvgIpc) is 3.14. The van der Waals surface area contributed by atoms with Crippen molar-refractivity contribution in [3.63, 3.8) is 0 Å². The molecule has 0 spiro atoms. The third-order valence-electron chi connectivity index (χ3n) is 5.54. The Balaban J connectivity index is 1.69. The van der Waals surface area contributed by atoms with Crippen LogP contribution < -0.4 is 5.32 Å². The van der Waals surface area contributed by atoms with Crippen LogP contribution in [0.5, 0.6) is 0 Å². The van der Waals surface area contributed by atoms with Crippen molar-refractivity contribution in [2.75, 3.05) is 25.0 Å². The van der Waals surface area contributed by atoms with Crippen molar-refractivity contribution in [2.45, 2.75) is 38.5 Å². The number of esters is 1. The highest BCUT2D eigenvalue weighted by molar-refractivity contribution is 7.89. The Bertz CT molecular complexity index is 1280. The van der Waals surface area contributed by atoms with Crippen molar-refractivity contribution in [1.29, 1.82) is 0 Å². The zero-order chi connectivity index (χ0) is 24.9. The van der Waals surface area contributed by atoms with Gasteiger partial charge in [0.25, 0.3) is 0 Å². The van der Waals surface area contributed by atoms with Crippen molar-refractivity contribution in [1.82, 2.24) is 13.9 Å². The molecular formula is C24H30N4O5S. The van der Waals surface area contributed by atoms with Crippen molar-refractivity contribution in [2.24, 2.45) is 7.05 Å². The minimum atomic E-state index is -3.58. The Morgan fingerprint density at radius 3 is 2.35 bits per heavy atom. The van der Waals surface area contributed by atoms with Crippen LogP contribution in [0.4, 0.5) is 5.69 Å². The van der Waals surface area contributed by atoms with Crippen LogP contribution in [0.3, 0.4) is 0 Å². The standard InChI is InChI=1S/C24H30N4O5S/c1-5-28(6-2)34(31,32)19-12-13-21-20(16-19)26-22(27(21)4)14-15-23(29)25-18-10-8-17(9-11-18)24(30)33-7-3/h8-13,16H,5-7,14-15H2,1-4H3,(H,25,29). The van der Waals surface area contributed by atoms with Gasteiger partial charge in [0.15, 0.2) is 0 Å². The van der Waals surface area contributed by atoms with Gasteiger partial charge in [-0.15, -0.1) is 0 Å². The summed E-state index contributed by atoms with van der Waals surface area (Å²) >= 11 is 0. The predicted octanol–water partition coefficient (Wildman–Crippen LogP) is 3.35. The summed E-state index contributed by atoms with van der Waals surface area (Å²) in [6, 6.07) is 11.4. The van der Waals surface area contributed by atoms with E-state index in [1.165, 1.54) is 4.31 Å². The second-order valence-corrected chi connectivity index (χ2v) is 9.61. The molecule has 0 aliphatic carbocycles. The first kappa shape index (κ1) is 25.4. The number of amides is 1. The van der Waals surface area contributed by atoms with Crippen LogP contribution in [0, 0.1) is 0 Å². The lowest BCUT2D eigenvalue weighted by atomic mass is 10.2. The van der Waals surface area contributed by atoms with E-state index in [-0.39, 0.29) is 17.2 Å². The summed E-state index contributed by atoms with van der Waals surface area (Å²) in [7, 11) is -1.73. The number of nitrogens with zero attached hydrogens (tertiary/aromatic N) is 3. The number of carbonyl (C=O) groups is 2. The highest BCUT2D eigenvalue weighted by Crippen LogP contribution is 2.23. The first-order valence-corrected chi connectivity index (χ1v) is 12.7. The molecule has 0 bridgehead atoms. The molecular weight excluding hydrogens is 456 g/mol. The smallest absolute Gasteiger partial charge is 0.338 e. The molecule has 1 amide bonds. The minimum Gasteiger partial charge on any atom is -0.462 e. The van der Waals surface area contributed by atoms with Crippen LogP contribution >= 0.6 is 0 Å². The maximum atomic E-state index is 12.8. The van der Waals surface area contributed by atoms with Crippen molar-refractivity contribution in [3.05, 3.63) is 53.9 Å². The van der Waals surface area contributed by atoms with Crippen LogP contribution in [0.2, 0.25) is 0 Å². The number of rotatable bonds is 10. The van der Waals surface area contributed by atoms with Gasteiger partial charge in [0.1, 0.15) is 5.82 Å². The van der Waals surface area contributed by atoms with Crippen LogP contribution in [0.25, 0.3) is 11.0 Å². The van der Waals surface area contributed by atoms with Crippen LogP contribution in [0.1, 0.15) is 43.4 Å². The fourth-order valence-electron chi connectivity index (χ4n) is 3.68. The molecule has 0 fully saturated rings. The maximum absolute atomic E-state index is 12.8. The summed E-state index contributed by atoms with van der Waals surface area (Å²) in [5.74, 6) is 0.0798. The lowest BCUT2D eigenvalue weighted by Gasteiger charge is -2.18. The van der Waals surface area contributed by atoms with Crippen molar-refractivity contribution in [3.8, 4) is 0 Å². The molecule has 1 N–H and O–H groups in total. The highest BCUT2D eigenvalue weighted by Gasteiger charge is 2.22. The van der Waals surface area contributed by atoms with Gasteiger partial charge in [0.05, 0.1) is 28.1 Å². The van der Waals surface area contributed by atoms with Crippen LogP contribution in [-0.4, -0.2) is 53.8 Å². The van der Waals surface area contributed by atoms with E-state index in [0.29, 0.717) is 48.7 Å². The molecule has 0 radical (unpaired) electrons. The molecule has 9 nitrogen and oxygen atoms in total. The van der Waals surface area contributed by atoms with Gasteiger partial charge in [0, 0.05) is 38.7 Å². The third kappa shape index (κ3) is 5.45. The summed E-state index contributed by atoms with van der Waals surface area (Å²) in [5, 5.41) is 2.80. The largest absolute Gasteiger partial charge is 0.462 e. The van der Waals surface area contributed by atoms with Gasteiger partial charge in [-0.05, 0) is 49.4 Å². The van der Waals surface area contributed by atoms with E-state index in [4.69, 9.17) is 4.74 Å². The Hall–Kier alpha value is -3.24. The summed E-state index contributed by atoms with van der Waals surface area (Å²) in [4.78, 5) is 28.9. The average molecular weight is 487 g/mol. The highest BCUT2D eigenvalue weighted by atomic mass is 32.2. The number of imidazole rings is 1. The van der Waals surface area contributed by atoms with Gasteiger partial charge in [-0.25, -0.2) is 18.2 Å². The number of fused-ring (bicyclic) bond motifs is 1. The quantitative estimate of drug-likeness (QED) is 0.440. The van der Waals surface area contributed by atoms with Gasteiger partial charge in [-0.3, -0.25) is 4.79 Å². The fraction of sp³-hybridized carbons (Fsp3) is 0.375. The van der Waals surface area contributed by atoms with E-state index in [0.717, 1.165) is 5.52 Å². The molecule has 3 aromatic rings. The third-order valence-corrected chi connectivity index (χ3v) is 7.59. The number of hydrogen-bond acceptors (Lipinski definition) is 6. The lowest BCUT2D eigenvalue weighted by Crippen LogP contribution is -2.30. The number of anilines is 1. The summed E-state index contributed by atoms with van der Waals surface area (Å²) in [6.07, 6.45) is 0.581. The number of ether oxygens (including phenoxy) is 1. The van der Waals surface area contributed by atoms with E-state index in [1.807, 2.05) is 11.6 Å². The first-order valence-electron chi connectivity index (χ1n) is 11.2. The zero-order valence-electron chi connectivity index (χ0n) is 19.9. The molecule has 2 aromatic carbocycles. The molecule has 0 saturated carbocycles. The Morgan fingerprint density at radius 2 is 1.74 bits per heavy atom. The predicted molar refractivity (Wildman–Crippen MR) is 130 cm³/mol. The number of carbonyl (C=O) groups excluding carboxylic acids is 2. The SMILES string of the molecule is CCOC(=O)c1ccc(NC(=O)CCc2nc3cc(S(=O)(=O)N(CC)CC)ccc3n2C)cc1. The van der Waals surface area contributed by atoms with Gasteiger partial charge in [-0.2, -0.15) is 4.31 Å². The summed E-state index contributed by atoms with van der Waals surface area (Å²) in [6.45, 7) is 6.43. The molecule has 182 valence electrons. The monoisotopic (exact) mass is 486 g/mol. The number of nitrogens with one attached hydrogen (secondary N) is 1. The van der Waals surface area contributed by atoms with E-state index >= 15 is 0 Å². The molecule has 0 aliphatic rings. The van der Waals surface area contributed by atoms with Gasteiger partial charge >= 0.3 is 5.97 Å². The maximum Gasteiger partial charge on any atom is 0.338 e. The summed E-state index contributed by atoms with van der Waals surface area (Å²) < 4.78 is 33.9. The van der Waals surface area contributed by atoms with E-state index in [2.05, 4.69) is 10.3 Å². The second kappa shape index (κ2) is 10.8. The molecule has 1 heterocycles. The second-order valence-electron chi connectivity index (χ2n) is 7.67. The van der Waals surface area contributed by atoms with Gasteiger partial charge in [0.2, 0.25) is 15.9 Å². The number of hydrogen-bond donors (Lipinski definition) is 1. The van der Waals surface area contributed by atoms with E-state index in [9.17, 15) is 18.0 Å². The normalized spacial score (nSPS) is 11.7. The zero-order valence-corrected chi connectivity index (χ0v) is 20.7. The van der Waals surface area contributed by atoms with Gasteiger partial charge < -0.3 is 14.6 Å². The molecule has 10 heteroatoms. The van der Waals surface area contributed by atoms with Crippen LogP contribution in [0.15, 0.2) is 47.4 Å². The van der Waals surface area contributed by atoms with E-state index in [1.54, 1.807) is 63.2 Å². The Labute approximate surface area is 199 Å². The Kier molecular flexibility index (Phi) is 8.06.